The van der Waals surface area contributed by atoms with Gasteiger partial charge in [-0.05, 0) is 64.5 Å². The van der Waals surface area contributed by atoms with Crippen LogP contribution in [0.4, 0.5) is 4.79 Å². The number of ether oxygens (including phenoxy) is 1. The van der Waals surface area contributed by atoms with E-state index in [-0.39, 0.29) is 17.7 Å². The summed E-state index contributed by atoms with van der Waals surface area (Å²) in [4.78, 5) is 42.7. The summed E-state index contributed by atoms with van der Waals surface area (Å²) in [6.45, 7) is 16.2. The Morgan fingerprint density at radius 2 is 1.57 bits per heavy atom. The third kappa shape index (κ3) is 11.0. The lowest BCUT2D eigenvalue weighted by Crippen LogP contribution is -2.53. The lowest BCUT2D eigenvalue weighted by atomic mass is 9.96. The second-order valence-corrected chi connectivity index (χ2v) is 12.1. The molecule has 7 heteroatoms. The van der Waals surface area contributed by atoms with E-state index in [1.54, 1.807) is 25.7 Å². The molecule has 0 bridgehead atoms. The van der Waals surface area contributed by atoms with E-state index in [0.29, 0.717) is 19.5 Å². The highest BCUT2D eigenvalue weighted by atomic mass is 16.6. The Bertz CT molecular complexity index is 1090. The zero-order valence-corrected chi connectivity index (χ0v) is 25.7. The van der Waals surface area contributed by atoms with Gasteiger partial charge in [0.25, 0.3) is 0 Å². The normalized spacial score (nSPS) is 12.9. The first-order valence-electron chi connectivity index (χ1n) is 14.5. The Hall–Kier alpha value is -3.35. The van der Waals surface area contributed by atoms with Crippen LogP contribution >= 0.6 is 0 Å². The van der Waals surface area contributed by atoms with E-state index in [1.807, 2.05) is 70.2 Å². The Morgan fingerprint density at radius 3 is 2.12 bits per heavy atom. The van der Waals surface area contributed by atoms with Crippen molar-refractivity contribution in [3.63, 3.8) is 0 Å². The van der Waals surface area contributed by atoms with Crippen LogP contribution < -0.4 is 10.6 Å². The molecule has 0 saturated heterocycles. The summed E-state index contributed by atoms with van der Waals surface area (Å²) < 4.78 is 5.49. The average molecular weight is 552 g/mol. The number of carbonyl (C=O) groups excluding carboxylic acids is 3. The van der Waals surface area contributed by atoms with Gasteiger partial charge in [0.05, 0.1) is 0 Å². The zero-order chi connectivity index (χ0) is 29.9. The van der Waals surface area contributed by atoms with Crippen LogP contribution in [0.5, 0.6) is 0 Å². The molecule has 0 aliphatic heterocycles. The third-order valence-electron chi connectivity index (χ3n) is 6.41. The van der Waals surface area contributed by atoms with Crippen molar-refractivity contribution in [1.82, 2.24) is 15.5 Å². The van der Waals surface area contributed by atoms with Crippen LogP contribution in [0.15, 0.2) is 48.5 Å². The zero-order valence-electron chi connectivity index (χ0n) is 25.7. The fourth-order valence-electron chi connectivity index (χ4n) is 4.76. The third-order valence-corrected chi connectivity index (χ3v) is 6.41. The van der Waals surface area contributed by atoms with E-state index in [0.717, 1.165) is 41.5 Å². The molecule has 0 fully saturated rings. The van der Waals surface area contributed by atoms with Crippen LogP contribution in [0, 0.1) is 19.8 Å². The molecular formula is C33H49N3O4. The molecule has 3 amide bonds. The minimum absolute atomic E-state index is 0.132. The van der Waals surface area contributed by atoms with Gasteiger partial charge in [0.1, 0.15) is 17.7 Å². The van der Waals surface area contributed by atoms with Crippen LogP contribution in [-0.4, -0.2) is 41.0 Å². The van der Waals surface area contributed by atoms with Gasteiger partial charge < -0.3 is 20.3 Å². The first kappa shape index (κ1) is 32.9. The van der Waals surface area contributed by atoms with Gasteiger partial charge >= 0.3 is 6.09 Å². The maximum absolute atomic E-state index is 14.3. The highest BCUT2D eigenvalue weighted by Crippen LogP contribution is 2.27. The SMILES string of the molecule is CCCCCN(C(=O)C(CC(C)C)NC(=O)OC(C)(C)C)C(C(=O)NCc1ccccc1)c1cc(C)cc(C)c1. The molecule has 0 radical (unpaired) electrons. The number of carbonyl (C=O) groups is 3. The summed E-state index contributed by atoms with van der Waals surface area (Å²) in [5.41, 5.74) is 3.07. The maximum Gasteiger partial charge on any atom is 0.408 e. The molecule has 2 rings (SSSR count). The number of rotatable bonds is 13. The van der Waals surface area contributed by atoms with Crippen molar-refractivity contribution in [2.45, 2.75) is 105 Å². The fourth-order valence-corrected chi connectivity index (χ4v) is 4.76. The van der Waals surface area contributed by atoms with Gasteiger partial charge in [0.2, 0.25) is 11.8 Å². The average Bonchev–Trinajstić information content (AvgIpc) is 2.84. The van der Waals surface area contributed by atoms with E-state index in [9.17, 15) is 14.4 Å². The van der Waals surface area contributed by atoms with E-state index in [1.165, 1.54) is 0 Å². The van der Waals surface area contributed by atoms with Crippen molar-refractivity contribution in [2.24, 2.45) is 5.92 Å². The minimum Gasteiger partial charge on any atom is -0.444 e. The van der Waals surface area contributed by atoms with Crippen molar-refractivity contribution in [2.75, 3.05) is 6.54 Å². The van der Waals surface area contributed by atoms with Crippen molar-refractivity contribution >= 4 is 17.9 Å². The van der Waals surface area contributed by atoms with Gasteiger partial charge in [-0.1, -0.05) is 93.3 Å². The molecule has 2 N–H and O–H groups in total. The van der Waals surface area contributed by atoms with Gasteiger partial charge in [0.15, 0.2) is 0 Å². The standard InChI is InChI=1S/C33H49N3O4/c1-9-10-14-17-36(31(38)28(18-23(2)3)35-32(39)40-33(6,7)8)29(27-20-24(4)19-25(5)21-27)30(37)34-22-26-15-12-11-13-16-26/h11-13,15-16,19-21,23,28-29H,9-10,14,17-18,22H2,1-8H3,(H,34,37)(H,35,39). The second kappa shape index (κ2) is 15.4. The minimum atomic E-state index is -0.846. The Morgan fingerprint density at radius 1 is 0.950 bits per heavy atom. The summed E-state index contributed by atoms with van der Waals surface area (Å²) in [6, 6.07) is 14.0. The van der Waals surface area contributed by atoms with Crippen LogP contribution in [-0.2, 0) is 20.9 Å². The number of hydrogen-bond donors (Lipinski definition) is 2. The molecule has 0 aliphatic carbocycles. The molecule has 220 valence electrons. The number of hydrogen-bond acceptors (Lipinski definition) is 4. The summed E-state index contributed by atoms with van der Waals surface area (Å²) in [5.74, 6) is -0.401. The van der Waals surface area contributed by atoms with Gasteiger partial charge in [-0.15, -0.1) is 0 Å². The Labute approximate surface area is 241 Å². The quantitative estimate of drug-likeness (QED) is 0.274. The Balaban J connectivity index is 2.51. The first-order valence-corrected chi connectivity index (χ1v) is 14.5. The van der Waals surface area contributed by atoms with Crippen molar-refractivity contribution in [3.05, 3.63) is 70.8 Å². The van der Waals surface area contributed by atoms with Crippen LogP contribution in [0.2, 0.25) is 0 Å². The smallest absolute Gasteiger partial charge is 0.408 e. The number of aryl methyl sites for hydroxylation is 2. The van der Waals surface area contributed by atoms with Crippen LogP contribution in [0.3, 0.4) is 0 Å². The lowest BCUT2D eigenvalue weighted by Gasteiger charge is -2.35. The predicted molar refractivity (Wildman–Crippen MR) is 161 cm³/mol. The molecule has 2 atom stereocenters. The molecule has 2 aromatic rings. The Kier molecular flexibility index (Phi) is 12.7. The summed E-state index contributed by atoms with van der Waals surface area (Å²) in [7, 11) is 0. The van der Waals surface area contributed by atoms with E-state index >= 15 is 0 Å². The number of alkyl carbamates (subject to hydrolysis) is 1. The largest absolute Gasteiger partial charge is 0.444 e. The summed E-state index contributed by atoms with van der Waals surface area (Å²) >= 11 is 0. The number of nitrogens with one attached hydrogen (secondary N) is 2. The maximum atomic E-state index is 14.3. The van der Waals surface area contributed by atoms with Crippen molar-refractivity contribution < 1.29 is 19.1 Å². The first-order chi connectivity index (χ1) is 18.8. The monoisotopic (exact) mass is 551 g/mol. The van der Waals surface area contributed by atoms with E-state index in [2.05, 4.69) is 23.6 Å². The highest BCUT2D eigenvalue weighted by molar-refractivity contribution is 5.92. The molecule has 0 aromatic heterocycles. The number of unbranched alkanes of at least 4 members (excludes halogenated alkanes) is 2. The summed E-state index contributed by atoms with van der Waals surface area (Å²) in [6.07, 6.45) is 2.42. The molecule has 0 spiro atoms. The van der Waals surface area contributed by atoms with Gasteiger partial charge in [0, 0.05) is 13.1 Å². The summed E-state index contributed by atoms with van der Waals surface area (Å²) in [5, 5.41) is 5.89. The second-order valence-electron chi connectivity index (χ2n) is 12.1. The van der Waals surface area contributed by atoms with Crippen molar-refractivity contribution in [3.8, 4) is 0 Å². The van der Waals surface area contributed by atoms with Gasteiger partial charge in [-0.2, -0.15) is 0 Å². The van der Waals surface area contributed by atoms with Gasteiger partial charge in [-0.3, -0.25) is 9.59 Å². The van der Waals surface area contributed by atoms with Gasteiger partial charge in [-0.25, -0.2) is 4.79 Å². The molecule has 2 unspecified atom stereocenters. The fraction of sp³-hybridized carbons (Fsp3) is 0.545. The predicted octanol–water partition coefficient (Wildman–Crippen LogP) is 6.62. The molecule has 40 heavy (non-hydrogen) atoms. The molecule has 7 nitrogen and oxygen atoms in total. The topological polar surface area (TPSA) is 87.7 Å². The van der Waals surface area contributed by atoms with E-state index in [4.69, 9.17) is 4.74 Å². The highest BCUT2D eigenvalue weighted by Gasteiger charge is 2.36. The van der Waals surface area contributed by atoms with E-state index < -0.39 is 23.8 Å². The molecule has 0 heterocycles. The van der Waals surface area contributed by atoms with Crippen LogP contribution in [0.1, 0.15) is 95.5 Å². The van der Waals surface area contributed by atoms with Crippen molar-refractivity contribution in [1.29, 1.82) is 0 Å². The molecular weight excluding hydrogens is 502 g/mol. The molecule has 2 aromatic carbocycles. The number of nitrogens with zero attached hydrogens (tertiary/aromatic N) is 1. The lowest BCUT2D eigenvalue weighted by molar-refractivity contribution is -0.143. The number of amides is 3. The molecule has 0 saturated carbocycles. The van der Waals surface area contributed by atoms with Crippen LogP contribution in [0.25, 0.3) is 0 Å². The number of benzene rings is 2. The molecule has 0 aliphatic rings.